The highest BCUT2D eigenvalue weighted by Crippen LogP contribution is 2.26. The largest absolute Gasteiger partial charge is 0.463 e. The van der Waals surface area contributed by atoms with E-state index in [9.17, 15) is 9.59 Å². The lowest BCUT2D eigenvalue weighted by atomic mass is 10.1. The van der Waals surface area contributed by atoms with Crippen LogP contribution in [0.25, 0.3) is 0 Å². The van der Waals surface area contributed by atoms with Crippen LogP contribution in [0, 0.1) is 0 Å². The van der Waals surface area contributed by atoms with Gasteiger partial charge in [0.05, 0.1) is 6.10 Å². The summed E-state index contributed by atoms with van der Waals surface area (Å²) in [5, 5.41) is 8.61. The molecule has 1 saturated heterocycles. The van der Waals surface area contributed by atoms with Crippen molar-refractivity contribution in [3.63, 3.8) is 0 Å². The van der Waals surface area contributed by atoms with Crippen LogP contribution in [0.15, 0.2) is 0 Å². The van der Waals surface area contributed by atoms with Gasteiger partial charge in [-0.3, -0.25) is 9.59 Å². The SMILES string of the molecule is CCCCCCCCCCCCCCO.CCCCCCCCCCCCCCO[C@@H]1C[C@H](OC(=O)CCCN(C)C)O[C@@H]1COC(=O)CCCN(C)C. The van der Waals surface area contributed by atoms with Crippen molar-refractivity contribution in [1.82, 2.24) is 9.80 Å². The number of rotatable bonds is 37. The number of carbonyl (C=O) groups excluding carboxylic acids is 2. The van der Waals surface area contributed by atoms with E-state index in [1.165, 1.54) is 135 Å². The molecule has 1 rings (SSSR count). The maximum absolute atomic E-state index is 12.3. The van der Waals surface area contributed by atoms with Crippen LogP contribution < -0.4 is 0 Å². The molecule has 0 spiro atoms. The minimum atomic E-state index is -0.652. The van der Waals surface area contributed by atoms with Gasteiger partial charge in [-0.1, -0.05) is 155 Å². The molecule has 1 N–H and O–H groups in total. The van der Waals surface area contributed by atoms with Crippen molar-refractivity contribution < 1.29 is 33.6 Å². The van der Waals surface area contributed by atoms with E-state index in [4.69, 9.17) is 24.1 Å². The Morgan fingerprint density at radius 1 is 0.574 bits per heavy atom. The third-order valence-electron chi connectivity index (χ3n) is 10.2. The summed E-state index contributed by atoms with van der Waals surface area (Å²) in [6, 6.07) is 0. The molecular weight excluding hydrogens is 681 g/mol. The van der Waals surface area contributed by atoms with Gasteiger partial charge in [-0.25, -0.2) is 0 Å². The molecule has 9 heteroatoms. The molecule has 0 aliphatic carbocycles. The first-order valence-electron chi connectivity index (χ1n) is 22.8. The Balaban J connectivity index is 0.00000157. The third kappa shape index (κ3) is 36.4. The molecule has 0 aromatic rings. The second-order valence-corrected chi connectivity index (χ2v) is 16.2. The van der Waals surface area contributed by atoms with E-state index in [1.54, 1.807) is 0 Å². The number of aliphatic hydroxyl groups excluding tert-OH is 1. The van der Waals surface area contributed by atoms with Crippen LogP contribution in [-0.2, 0) is 28.5 Å². The molecule has 0 aromatic heterocycles. The van der Waals surface area contributed by atoms with Gasteiger partial charge in [-0.15, -0.1) is 0 Å². The monoisotopic (exact) mass is 771 g/mol. The molecule has 1 fully saturated rings. The Bertz CT molecular complexity index is 801. The van der Waals surface area contributed by atoms with E-state index >= 15 is 0 Å². The summed E-state index contributed by atoms with van der Waals surface area (Å²) in [4.78, 5) is 28.5. The lowest BCUT2D eigenvalue weighted by molar-refractivity contribution is -0.181. The van der Waals surface area contributed by atoms with Crippen molar-refractivity contribution in [1.29, 1.82) is 0 Å². The van der Waals surface area contributed by atoms with Crippen LogP contribution in [0.3, 0.4) is 0 Å². The molecule has 1 heterocycles. The van der Waals surface area contributed by atoms with E-state index in [0.717, 1.165) is 45.2 Å². The van der Waals surface area contributed by atoms with Crippen LogP contribution in [0.2, 0.25) is 0 Å². The molecule has 0 saturated carbocycles. The molecule has 0 bridgehead atoms. The molecule has 54 heavy (non-hydrogen) atoms. The average Bonchev–Trinajstić information content (AvgIpc) is 3.52. The second kappa shape index (κ2) is 40.0. The number of ether oxygens (including phenoxy) is 4. The van der Waals surface area contributed by atoms with E-state index < -0.39 is 12.4 Å². The molecule has 1 aliphatic rings. The van der Waals surface area contributed by atoms with Crippen molar-refractivity contribution >= 4 is 11.9 Å². The van der Waals surface area contributed by atoms with Crippen LogP contribution in [0.5, 0.6) is 0 Å². The van der Waals surface area contributed by atoms with Gasteiger partial charge >= 0.3 is 11.9 Å². The fourth-order valence-electron chi connectivity index (χ4n) is 6.74. The summed E-state index contributed by atoms with van der Waals surface area (Å²) in [5.41, 5.74) is 0. The van der Waals surface area contributed by atoms with Crippen molar-refractivity contribution in [2.75, 3.05) is 61.1 Å². The van der Waals surface area contributed by atoms with Gasteiger partial charge < -0.3 is 33.9 Å². The number of nitrogens with zero attached hydrogens (tertiary/aromatic N) is 2. The molecule has 0 aromatic carbocycles. The Labute approximate surface area is 334 Å². The predicted octanol–water partition coefficient (Wildman–Crippen LogP) is 10.6. The Morgan fingerprint density at radius 2 is 0.981 bits per heavy atom. The highest BCUT2D eigenvalue weighted by molar-refractivity contribution is 5.69. The van der Waals surface area contributed by atoms with E-state index in [0.29, 0.717) is 32.5 Å². The van der Waals surface area contributed by atoms with Crippen LogP contribution in [0.1, 0.15) is 200 Å². The predicted molar refractivity (Wildman–Crippen MR) is 225 cm³/mol. The lowest BCUT2D eigenvalue weighted by Gasteiger charge is -2.19. The number of hydrogen-bond acceptors (Lipinski definition) is 9. The molecule has 0 amide bonds. The molecule has 322 valence electrons. The summed E-state index contributed by atoms with van der Waals surface area (Å²) in [5.74, 6) is -0.493. The fourth-order valence-corrected chi connectivity index (χ4v) is 6.74. The second-order valence-electron chi connectivity index (χ2n) is 16.2. The summed E-state index contributed by atoms with van der Waals surface area (Å²) < 4.78 is 23.2. The first-order valence-corrected chi connectivity index (χ1v) is 22.8. The summed E-state index contributed by atoms with van der Waals surface area (Å²) >= 11 is 0. The van der Waals surface area contributed by atoms with Gasteiger partial charge in [0, 0.05) is 32.5 Å². The summed E-state index contributed by atoms with van der Waals surface area (Å²) in [7, 11) is 7.93. The van der Waals surface area contributed by atoms with Crippen molar-refractivity contribution in [2.45, 2.75) is 219 Å². The van der Waals surface area contributed by atoms with Crippen molar-refractivity contribution in [3.8, 4) is 0 Å². The molecule has 0 radical (unpaired) electrons. The minimum absolute atomic E-state index is 0.124. The number of aliphatic hydroxyl groups is 1. The smallest absolute Gasteiger partial charge is 0.308 e. The highest BCUT2D eigenvalue weighted by Gasteiger charge is 2.39. The highest BCUT2D eigenvalue weighted by atomic mass is 16.7. The first-order chi connectivity index (χ1) is 26.2. The topological polar surface area (TPSA) is 97.8 Å². The van der Waals surface area contributed by atoms with Gasteiger partial charge in [-0.05, 0) is 67.0 Å². The summed E-state index contributed by atoms with van der Waals surface area (Å²) in [6.07, 6.45) is 33.2. The zero-order chi connectivity index (χ0) is 39.9. The number of carbonyl (C=O) groups is 2. The zero-order valence-corrected chi connectivity index (χ0v) is 36.6. The van der Waals surface area contributed by atoms with Gasteiger partial charge in [0.2, 0.25) is 6.29 Å². The normalized spacial score (nSPS) is 16.9. The van der Waals surface area contributed by atoms with E-state index in [-0.39, 0.29) is 24.6 Å². The van der Waals surface area contributed by atoms with Crippen LogP contribution in [-0.4, -0.2) is 106 Å². The van der Waals surface area contributed by atoms with Crippen LogP contribution >= 0.6 is 0 Å². The van der Waals surface area contributed by atoms with Gasteiger partial charge in [0.1, 0.15) is 12.7 Å². The molecule has 0 unspecified atom stereocenters. The van der Waals surface area contributed by atoms with Gasteiger partial charge in [0.15, 0.2) is 0 Å². The Kier molecular flexibility index (Phi) is 39.0. The number of unbranched alkanes of at least 4 members (excludes halogenated alkanes) is 22. The molecule has 9 nitrogen and oxygen atoms in total. The quantitative estimate of drug-likeness (QED) is 0.0489. The Morgan fingerprint density at radius 3 is 1.41 bits per heavy atom. The lowest BCUT2D eigenvalue weighted by Crippen LogP contribution is -2.31. The zero-order valence-electron chi connectivity index (χ0n) is 36.6. The van der Waals surface area contributed by atoms with E-state index in [2.05, 4.69) is 13.8 Å². The van der Waals surface area contributed by atoms with Crippen molar-refractivity contribution in [2.24, 2.45) is 0 Å². The molecule has 3 atom stereocenters. The van der Waals surface area contributed by atoms with Gasteiger partial charge in [0.25, 0.3) is 0 Å². The molecule has 1 aliphatic heterocycles. The van der Waals surface area contributed by atoms with Crippen molar-refractivity contribution in [3.05, 3.63) is 0 Å². The summed E-state index contributed by atoms with van der Waals surface area (Å²) in [6.45, 7) is 7.34. The Hall–Kier alpha value is -1.26. The maximum Gasteiger partial charge on any atom is 0.308 e. The maximum atomic E-state index is 12.3. The van der Waals surface area contributed by atoms with Gasteiger partial charge in [-0.2, -0.15) is 0 Å². The standard InChI is InChI=1S/C31H60N2O6.C14H30O/c1-6-7-8-9-10-11-12-13-14-15-16-17-24-36-27-25-31(39-30(35)21-19-23-33(4)5)38-28(27)26-37-29(34)20-18-22-32(2)3;1-2-3-4-5-6-7-8-9-10-11-12-13-14-15/h27-28,31H,6-26H2,1-5H3;15H,2-14H2,1H3/t27-,28-,31+;/m1./s1. The minimum Gasteiger partial charge on any atom is -0.463 e. The molecular formula is C45H90N2O7. The van der Waals surface area contributed by atoms with Crippen LogP contribution in [0.4, 0.5) is 0 Å². The average molecular weight is 771 g/mol. The number of hydrogen-bond donors (Lipinski definition) is 1. The fraction of sp³-hybridized carbons (Fsp3) is 0.956. The first kappa shape index (κ1) is 52.7. The van der Waals surface area contributed by atoms with E-state index in [1.807, 2.05) is 38.0 Å². The number of esters is 2. The third-order valence-corrected chi connectivity index (χ3v) is 10.2.